The van der Waals surface area contributed by atoms with Crippen molar-refractivity contribution < 1.29 is 4.89 Å². The van der Waals surface area contributed by atoms with Gasteiger partial charge in [0.1, 0.15) is 6.55 Å². The Morgan fingerprint density at radius 1 is 0.700 bits per heavy atom. The zero-order chi connectivity index (χ0) is 15.2. The average molecular weight is 339 g/mol. The molecule has 20 heavy (non-hydrogen) atoms. The van der Waals surface area contributed by atoms with Crippen LogP contribution in [0.3, 0.4) is 0 Å². The highest BCUT2D eigenvalue weighted by Gasteiger charge is 2.05. The van der Waals surface area contributed by atoms with E-state index in [4.69, 9.17) is 0 Å². The molecule has 0 aromatic rings. The number of unbranched alkanes of at least 4 members (excludes halogenated alkanes) is 4. The molecule has 0 aliphatic carbocycles. The highest BCUT2D eigenvalue weighted by Crippen LogP contribution is 2.57. The maximum atomic E-state index is 9.93. The summed E-state index contributed by atoms with van der Waals surface area (Å²) in [6.07, 6.45) is 10.6. The number of hydrogen-bond donors (Lipinski definition) is 1. The second-order valence-electron chi connectivity index (χ2n) is 6.39. The van der Waals surface area contributed by atoms with Crippen LogP contribution in [-0.2, 0) is 0 Å². The van der Waals surface area contributed by atoms with Crippen LogP contribution in [0.25, 0.3) is 0 Å². The number of rotatable bonds is 14. The third-order valence-corrected chi connectivity index (χ3v) is 8.96. The monoisotopic (exact) mass is 338 g/mol. The van der Waals surface area contributed by atoms with Gasteiger partial charge in [-0.3, -0.25) is 0 Å². The van der Waals surface area contributed by atoms with Crippen LogP contribution in [-0.4, -0.2) is 16.4 Å². The molecule has 0 fully saturated rings. The summed E-state index contributed by atoms with van der Waals surface area (Å²) < 4.78 is 0. The van der Waals surface area contributed by atoms with Gasteiger partial charge in [0.05, 0.1) is 0 Å². The van der Waals surface area contributed by atoms with Crippen molar-refractivity contribution in [3.05, 3.63) is 0 Å². The maximum Gasteiger partial charge on any atom is 0.149 e. The van der Waals surface area contributed by atoms with Gasteiger partial charge in [-0.2, -0.15) is 0 Å². The van der Waals surface area contributed by atoms with Gasteiger partial charge < -0.3 is 4.89 Å². The molecule has 0 unspecified atom stereocenters. The van der Waals surface area contributed by atoms with E-state index in [1.165, 1.54) is 51.4 Å². The molecule has 0 rings (SSSR count). The van der Waals surface area contributed by atoms with Crippen LogP contribution in [0.4, 0.5) is 0 Å². The molecule has 0 aliphatic heterocycles. The first-order chi connectivity index (χ1) is 9.52. The molecule has 0 aromatic heterocycles. The van der Waals surface area contributed by atoms with Crippen molar-refractivity contribution in [2.24, 2.45) is 11.8 Å². The zero-order valence-electron chi connectivity index (χ0n) is 13.9. The Morgan fingerprint density at radius 2 is 1.10 bits per heavy atom. The summed E-state index contributed by atoms with van der Waals surface area (Å²) in [6.45, 7) is 8.35. The lowest BCUT2D eigenvalue weighted by atomic mass is 10.1. The molecule has 0 bridgehead atoms. The van der Waals surface area contributed by atoms with Crippen LogP contribution >= 0.6 is 29.3 Å². The minimum Gasteiger partial charge on any atom is -0.355 e. The van der Waals surface area contributed by atoms with Gasteiger partial charge in [0, 0.05) is 11.5 Å². The normalized spacial score (nSPS) is 12.0. The first-order valence-electron chi connectivity index (χ1n) is 8.27. The van der Waals surface area contributed by atoms with Gasteiger partial charge in [-0.15, -0.1) is 0 Å². The summed E-state index contributed by atoms with van der Waals surface area (Å²) in [4.78, 5) is 9.93. The van der Waals surface area contributed by atoms with Crippen LogP contribution in [0, 0.1) is 11.8 Å². The molecule has 0 saturated heterocycles. The summed E-state index contributed by atoms with van der Waals surface area (Å²) in [5, 5.41) is 0. The third-order valence-electron chi connectivity index (χ3n) is 3.26. The standard InChI is InChI=1S/C16H35OPS2/c1-15(2)11-7-5-9-13-19-18(17)20-14-10-6-8-12-16(3)4/h15-17H,5-14H2,1-4H3. The molecular weight excluding hydrogens is 303 g/mol. The Labute approximate surface area is 136 Å². The highest BCUT2D eigenvalue weighted by atomic mass is 33.1. The van der Waals surface area contributed by atoms with Crippen LogP contribution in [0.15, 0.2) is 0 Å². The fraction of sp³-hybridized carbons (Fsp3) is 1.00. The fourth-order valence-corrected chi connectivity index (χ4v) is 6.99. The SMILES string of the molecule is CC(C)CCCCCSP(O)SCCCCCC(C)C. The predicted octanol–water partition coefficient (Wildman–Crippen LogP) is 7.10. The molecule has 0 spiro atoms. The van der Waals surface area contributed by atoms with Crippen LogP contribution in [0.2, 0.25) is 0 Å². The van der Waals surface area contributed by atoms with Crippen molar-refractivity contribution in [1.29, 1.82) is 0 Å². The Bertz CT molecular complexity index is 181. The van der Waals surface area contributed by atoms with E-state index in [2.05, 4.69) is 27.7 Å². The summed E-state index contributed by atoms with van der Waals surface area (Å²) >= 11 is 3.57. The lowest BCUT2D eigenvalue weighted by molar-refractivity contribution is 0.535. The van der Waals surface area contributed by atoms with Gasteiger partial charge in [0.25, 0.3) is 0 Å². The molecule has 0 aliphatic rings. The molecule has 122 valence electrons. The van der Waals surface area contributed by atoms with E-state index in [0.717, 1.165) is 23.3 Å². The van der Waals surface area contributed by atoms with Crippen molar-refractivity contribution >= 4 is 29.3 Å². The van der Waals surface area contributed by atoms with Gasteiger partial charge in [-0.25, -0.2) is 0 Å². The molecular formula is C16H35OPS2. The van der Waals surface area contributed by atoms with Crippen molar-refractivity contribution in [3.63, 3.8) is 0 Å². The maximum absolute atomic E-state index is 9.93. The van der Waals surface area contributed by atoms with Gasteiger partial charge in [0.2, 0.25) is 0 Å². The first-order valence-corrected chi connectivity index (χ1v) is 12.7. The molecule has 1 nitrogen and oxygen atoms in total. The predicted molar refractivity (Wildman–Crippen MR) is 101 cm³/mol. The lowest BCUT2D eigenvalue weighted by Crippen LogP contribution is -1.88. The lowest BCUT2D eigenvalue weighted by Gasteiger charge is -2.09. The molecule has 0 heterocycles. The van der Waals surface area contributed by atoms with E-state index in [1.54, 1.807) is 22.8 Å². The Kier molecular flexibility index (Phi) is 15.8. The van der Waals surface area contributed by atoms with Crippen molar-refractivity contribution in [2.45, 2.75) is 79.1 Å². The molecule has 0 amide bonds. The molecule has 1 N–H and O–H groups in total. The molecule has 0 radical (unpaired) electrons. The largest absolute Gasteiger partial charge is 0.355 e. The molecule has 4 heteroatoms. The van der Waals surface area contributed by atoms with Gasteiger partial charge in [-0.1, -0.05) is 89.0 Å². The van der Waals surface area contributed by atoms with Crippen molar-refractivity contribution in [3.8, 4) is 0 Å². The van der Waals surface area contributed by atoms with E-state index in [-0.39, 0.29) is 0 Å². The van der Waals surface area contributed by atoms with Crippen LogP contribution in [0.5, 0.6) is 0 Å². The summed E-state index contributed by atoms with van der Waals surface area (Å²) in [6, 6.07) is 0. The van der Waals surface area contributed by atoms with E-state index >= 15 is 0 Å². The van der Waals surface area contributed by atoms with E-state index in [9.17, 15) is 4.89 Å². The van der Waals surface area contributed by atoms with Crippen LogP contribution < -0.4 is 0 Å². The van der Waals surface area contributed by atoms with Crippen molar-refractivity contribution in [1.82, 2.24) is 0 Å². The Hall–Kier alpha value is 1.09. The quantitative estimate of drug-likeness (QED) is 0.269. The fourth-order valence-electron chi connectivity index (χ4n) is 1.99. The third kappa shape index (κ3) is 17.1. The summed E-state index contributed by atoms with van der Waals surface area (Å²) in [5.41, 5.74) is 0. The minimum atomic E-state index is -0.814. The first kappa shape index (κ1) is 21.1. The van der Waals surface area contributed by atoms with E-state index in [0.29, 0.717) is 0 Å². The average Bonchev–Trinajstić information content (AvgIpc) is 2.37. The second kappa shape index (κ2) is 15.0. The van der Waals surface area contributed by atoms with Crippen molar-refractivity contribution in [2.75, 3.05) is 11.5 Å². The van der Waals surface area contributed by atoms with Gasteiger partial charge in [-0.05, 0) is 24.7 Å². The van der Waals surface area contributed by atoms with E-state index < -0.39 is 6.55 Å². The minimum absolute atomic E-state index is 0.814. The Balaban J connectivity index is 3.18. The topological polar surface area (TPSA) is 20.2 Å². The molecule has 0 aromatic carbocycles. The van der Waals surface area contributed by atoms with Crippen LogP contribution in [0.1, 0.15) is 79.1 Å². The van der Waals surface area contributed by atoms with Gasteiger partial charge in [0.15, 0.2) is 0 Å². The summed E-state index contributed by atoms with van der Waals surface area (Å²) in [7, 11) is 0. The highest BCUT2D eigenvalue weighted by molar-refractivity contribution is 8.86. The van der Waals surface area contributed by atoms with E-state index in [1.807, 2.05) is 0 Å². The molecule has 0 atom stereocenters. The second-order valence-corrected chi connectivity index (χ2v) is 12.5. The Morgan fingerprint density at radius 3 is 1.45 bits per heavy atom. The smallest absolute Gasteiger partial charge is 0.149 e. The molecule has 0 saturated carbocycles. The number of hydrogen-bond acceptors (Lipinski definition) is 3. The van der Waals surface area contributed by atoms with Gasteiger partial charge >= 0.3 is 0 Å². The summed E-state index contributed by atoms with van der Waals surface area (Å²) in [5.74, 6) is 3.95. The zero-order valence-corrected chi connectivity index (χ0v) is 16.5.